The molecule has 4 heteroatoms. The van der Waals surface area contributed by atoms with Crippen molar-refractivity contribution in [2.24, 2.45) is 0 Å². The van der Waals surface area contributed by atoms with E-state index in [2.05, 4.69) is 34.1 Å². The Balaban J connectivity index is 1.36. The quantitative estimate of drug-likeness (QED) is 0.847. The molecule has 2 bridgehead atoms. The molecule has 0 spiro atoms. The summed E-state index contributed by atoms with van der Waals surface area (Å²) in [6.45, 7) is 0.535. The lowest BCUT2D eigenvalue weighted by atomic mass is 10.0. The van der Waals surface area contributed by atoms with Crippen molar-refractivity contribution < 1.29 is 9.47 Å². The van der Waals surface area contributed by atoms with Crippen molar-refractivity contribution in [1.82, 2.24) is 4.98 Å². The lowest BCUT2D eigenvalue weighted by Gasteiger charge is -2.27. The van der Waals surface area contributed by atoms with Crippen molar-refractivity contribution in [2.75, 3.05) is 11.5 Å². The lowest BCUT2D eigenvalue weighted by molar-refractivity contribution is 0.0851. The van der Waals surface area contributed by atoms with Gasteiger partial charge in [-0.2, -0.15) is 0 Å². The van der Waals surface area contributed by atoms with Gasteiger partial charge in [0.1, 0.15) is 6.61 Å². The van der Waals surface area contributed by atoms with Gasteiger partial charge in [-0.05, 0) is 55.5 Å². The highest BCUT2D eigenvalue weighted by Crippen LogP contribution is 2.41. The standard InChI is InChI=1S/C19H20N2O2/c1-2-17-19(20-11-1)23-18(12-22-17)13-3-5-14(6-4-13)21-15-7-8-16(21)10-9-15/h1-6,11,15-16,18H,7-10,12H2/t15?,16?,18-/m1/s1. The summed E-state index contributed by atoms with van der Waals surface area (Å²) in [5, 5.41) is 0. The van der Waals surface area contributed by atoms with Crippen molar-refractivity contribution in [1.29, 1.82) is 0 Å². The molecule has 4 nitrogen and oxygen atoms in total. The number of anilines is 1. The molecule has 2 saturated heterocycles. The van der Waals surface area contributed by atoms with Gasteiger partial charge < -0.3 is 14.4 Å². The first-order chi connectivity index (χ1) is 11.4. The van der Waals surface area contributed by atoms with Crippen LogP contribution in [0.15, 0.2) is 42.6 Å². The fraction of sp³-hybridized carbons (Fsp3) is 0.421. The first-order valence-electron chi connectivity index (χ1n) is 8.51. The SMILES string of the molecule is c1cnc2c(c1)OC[C@H](c1ccc(N3C4CCC3CC4)cc1)O2. The fourth-order valence-electron chi connectivity index (χ4n) is 4.27. The number of rotatable bonds is 2. The predicted octanol–water partition coefficient (Wildman–Crippen LogP) is 3.73. The molecule has 1 atom stereocenters. The second kappa shape index (κ2) is 5.15. The Morgan fingerprint density at radius 3 is 2.43 bits per heavy atom. The largest absolute Gasteiger partial charge is 0.484 e. The summed E-state index contributed by atoms with van der Waals surface area (Å²) in [4.78, 5) is 6.87. The minimum Gasteiger partial charge on any atom is -0.484 e. The summed E-state index contributed by atoms with van der Waals surface area (Å²) in [7, 11) is 0. The van der Waals surface area contributed by atoms with Gasteiger partial charge in [-0.3, -0.25) is 0 Å². The summed E-state index contributed by atoms with van der Waals surface area (Å²) in [6, 6.07) is 14.1. The maximum absolute atomic E-state index is 5.99. The van der Waals surface area contributed by atoms with E-state index in [0.717, 1.165) is 23.4 Å². The van der Waals surface area contributed by atoms with E-state index in [4.69, 9.17) is 9.47 Å². The highest BCUT2D eigenvalue weighted by Gasteiger charge is 2.39. The molecule has 3 aliphatic rings. The number of aromatic nitrogens is 1. The third-order valence-electron chi connectivity index (χ3n) is 5.40. The predicted molar refractivity (Wildman–Crippen MR) is 88.1 cm³/mol. The van der Waals surface area contributed by atoms with Crippen LogP contribution in [-0.2, 0) is 0 Å². The maximum atomic E-state index is 5.99. The van der Waals surface area contributed by atoms with Crippen LogP contribution in [0.4, 0.5) is 5.69 Å². The highest BCUT2D eigenvalue weighted by molar-refractivity contribution is 5.52. The zero-order valence-corrected chi connectivity index (χ0v) is 13.0. The zero-order valence-electron chi connectivity index (χ0n) is 13.0. The van der Waals surface area contributed by atoms with E-state index in [1.807, 2.05) is 12.1 Å². The molecule has 0 N–H and O–H groups in total. The van der Waals surface area contributed by atoms with Gasteiger partial charge in [0.15, 0.2) is 11.9 Å². The summed E-state index contributed by atoms with van der Waals surface area (Å²) in [5.41, 5.74) is 2.51. The fourth-order valence-corrected chi connectivity index (χ4v) is 4.27. The summed E-state index contributed by atoms with van der Waals surface area (Å²) in [6.07, 6.45) is 7.07. The molecule has 0 saturated carbocycles. The van der Waals surface area contributed by atoms with Crippen molar-refractivity contribution in [3.8, 4) is 11.6 Å². The van der Waals surface area contributed by atoms with Crippen molar-refractivity contribution in [3.05, 3.63) is 48.2 Å². The average molecular weight is 308 g/mol. The Labute approximate surface area is 136 Å². The number of ether oxygens (including phenoxy) is 2. The molecule has 0 unspecified atom stereocenters. The third kappa shape index (κ3) is 2.16. The van der Waals surface area contributed by atoms with Crippen LogP contribution in [0.2, 0.25) is 0 Å². The molecule has 2 fully saturated rings. The van der Waals surface area contributed by atoms with Crippen LogP contribution >= 0.6 is 0 Å². The van der Waals surface area contributed by atoms with E-state index in [9.17, 15) is 0 Å². The summed E-state index contributed by atoms with van der Waals surface area (Å²) in [5.74, 6) is 1.32. The Morgan fingerprint density at radius 2 is 1.70 bits per heavy atom. The number of hydrogen-bond acceptors (Lipinski definition) is 4. The summed E-state index contributed by atoms with van der Waals surface area (Å²) >= 11 is 0. The molecular formula is C19H20N2O2. The topological polar surface area (TPSA) is 34.6 Å². The lowest BCUT2D eigenvalue weighted by Crippen LogP contribution is -2.28. The monoisotopic (exact) mass is 308 g/mol. The number of benzene rings is 1. The van der Waals surface area contributed by atoms with Gasteiger partial charge in [-0.1, -0.05) is 12.1 Å². The molecule has 4 heterocycles. The van der Waals surface area contributed by atoms with Crippen LogP contribution in [0.3, 0.4) is 0 Å². The van der Waals surface area contributed by atoms with E-state index < -0.39 is 0 Å². The van der Waals surface area contributed by atoms with Gasteiger partial charge in [-0.15, -0.1) is 0 Å². The van der Waals surface area contributed by atoms with Gasteiger partial charge in [0.2, 0.25) is 0 Å². The molecule has 2 aromatic rings. The van der Waals surface area contributed by atoms with Gasteiger partial charge in [0.05, 0.1) is 0 Å². The van der Waals surface area contributed by atoms with Crippen LogP contribution in [0, 0.1) is 0 Å². The molecule has 0 radical (unpaired) electrons. The first kappa shape index (κ1) is 13.2. The molecule has 5 rings (SSSR count). The Morgan fingerprint density at radius 1 is 0.957 bits per heavy atom. The highest BCUT2D eigenvalue weighted by atomic mass is 16.6. The van der Waals surface area contributed by atoms with E-state index >= 15 is 0 Å². The molecule has 0 aliphatic carbocycles. The molecule has 1 aromatic heterocycles. The first-order valence-corrected chi connectivity index (χ1v) is 8.51. The molecule has 118 valence electrons. The number of fused-ring (bicyclic) bond motifs is 3. The van der Waals surface area contributed by atoms with E-state index in [1.165, 1.54) is 31.4 Å². The average Bonchev–Trinajstić information content (AvgIpc) is 3.22. The molecule has 3 aliphatic heterocycles. The normalized spacial score (nSPS) is 28.2. The second-order valence-electron chi connectivity index (χ2n) is 6.69. The Kier molecular flexibility index (Phi) is 2.96. The van der Waals surface area contributed by atoms with Crippen LogP contribution in [0.1, 0.15) is 37.4 Å². The Hall–Kier alpha value is -2.23. The van der Waals surface area contributed by atoms with Crippen LogP contribution < -0.4 is 14.4 Å². The zero-order chi connectivity index (χ0) is 15.2. The van der Waals surface area contributed by atoms with Gasteiger partial charge in [-0.25, -0.2) is 4.98 Å². The maximum Gasteiger partial charge on any atom is 0.257 e. The van der Waals surface area contributed by atoms with Gasteiger partial charge in [0, 0.05) is 24.0 Å². The third-order valence-corrected chi connectivity index (χ3v) is 5.40. The van der Waals surface area contributed by atoms with Gasteiger partial charge >= 0.3 is 0 Å². The van der Waals surface area contributed by atoms with Gasteiger partial charge in [0.25, 0.3) is 5.88 Å². The van der Waals surface area contributed by atoms with Crippen LogP contribution in [0.25, 0.3) is 0 Å². The minimum absolute atomic E-state index is 0.0817. The number of pyridine rings is 1. The number of nitrogens with zero attached hydrogens (tertiary/aromatic N) is 2. The molecule has 1 aromatic carbocycles. The van der Waals surface area contributed by atoms with Crippen molar-refractivity contribution in [2.45, 2.75) is 43.9 Å². The summed E-state index contributed by atoms with van der Waals surface area (Å²) < 4.78 is 11.8. The second-order valence-corrected chi connectivity index (χ2v) is 6.69. The molecule has 0 amide bonds. The minimum atomic E-state index is -0.0817. The van der Waals surface area contributed by atoms with E-state index in [0.29, 0.717) is 12.5 Å². The van der Waals surface area contributed by atoms with Crippen LogP contribution in [-0.4, -0.2) is 23.7 Å². The number of hydrogen-bond donors (Lipinski definition) is 0. The van der Waals surface area contributed by atoms with Crippen molar-refractivity contribution >= 4 is 5.69 Å². The smallest absolute Gasteiger partial charge is 0.257 e. The van der Waals surface area contributed by atoms with E-state index in [1.54, 1.807) is 6.20 Å². The molecular weight excluding hydrogens is 288 g/mol. The van der Waals surface area contributed by atoms with Crippen LogP contribution in [0.5, 0.6) is 11.6 Å². The van der Waals surface area contributed by atoms with E-state index in [-0.39, 0.29) is 6.10 Å². The molecule has 23 heavy (non-hydrogen) atoms. The Bertz CT molecular complexity index is 696. The van der Waals surface area contributed by atoms with Crippen molar-refractivity contribution in [3.63, 3.8) is 0 Å².